The summed E-state index contributed by atoms with van der Waals surface area (Å²) in [6.07, 6.45) is 1.59. The lowest BCUT2D eigenvalue weighted by Gasteiger charge is -2.16. The number of amides is 2. The molecule has 0 atom stereocenters. The van der Waals surface area contributed by atoms with Crippen molar-refractivity contribution < 1.29 is 9.59 Å². The molecule has 0 bridgehead atoms. The van der Waals surface area contributed by atoms with Crippen LogP contribution in [0.1, 0.15) is 0 Å². The Balaban J connectivity index is 2.46. The first-order valence-corrected chi connectivity index (χ1v) is 6.12. The fraction of sp³-hybridized carbons (Fsp3) is 0.364. The average Bonchev–Trinajstić information content (AvgIpc) is 2.32. The number of nitrogens with zero attached hydrogens (tertiary/aromatic N) is 2. The number of pyridine rings is 1. The molecule has 1 rings (SSSR count). The van der Waals surface area contributed by atoms with Crippen LogP contribution >= 0.6 is 15.9 Å². The summed E-state index contributed by atoms with van der Waals surface area (Å²) in [6, 6.07) is 3.45. The highest BCUT2D eigenvalue weighted by Crippen LogP contribution is 2.10. The predicted octanol–water partition coefficient (Wildman–Crippen LogP) is 0.460. The molecule has 0 aliphatic heterocycles. The van der Waals surface area contributed by atoms with Crippen LogP contribution in [0.15, 0.2) is 22.8 Å². The highest BCUT2D eigenvalue weighted by atomic mass is 79.9. The Hall–Kier alpha value is -1.47. The third kappa shape index (κ3) is 4.80. The van der Waals surface area contributed by atoms with E-state index in [0.29, 0.717) is 5.82 Å². The molecule has 7 heteroatoms. The number of likely N-dealkylation sites (N-methyl/N-ethyl adjacent to an activating group) is 2. The number of halogens is 1. The number of carbonyl (C=O) groups is 2. The van der Waals surface area contributed by atoms with E-state index in [9.17, 15) is 9.59 Å². The lowest BCUT2D eigenvalue weighted by atomic mass is 10.4. The van der Waals surface area contributed by atoms with Gasteiger partial charge in [-0.15, -0.1) is 0 Å². The zero-order chi connectivity index (χ0) is 13.5. The van der Waals surface area contributed by atoms with Gasteiger partial charge in [-0.2, -0.15) is 0 Å². The molecule has 0 fully saturated rings. The van der Waals surface area contributed by atoms with Crippen molar-refractivity contribution in [1.29, 1.82) is 0 Å². The van der Waals surface area contributed by atoms with Crippen LogP contribution in [0.4, 0.5) is 5.82 Å². The molecule has 98 valence electrons. The molecule has 0 aromatic carbocycles. The summed E-state index contributed by atoms with van der Waals surface area (Å²) in [5, 5.41) is 5.35. The predicted molar refractivity (Wildman–Crippen MR) is 72.1 cm³/mol. The maximum absolute atomic E-state index is 11.6. The van der Waals surface area contributed by atoms with Crippen LogP contribution in [-0.4, -0.2) is 48.9 Å². The molecule has 18 heavy (non-hydrogen) atoms. The zero-order valence-corrected chi connectivity index (χ0v) is 11.8. The molecule has 0 spiro atoms. The van der Waals surface area contributed by atoms with E-state index >= 15 is 0 Å². The van der Waals surface area contributed by atoms with Crippen molar-refractivity contribution in [3.63, 3.8) is 0 Å². The third-order valence-corrected chi connectivity index (χ3v) is 2.60. The molecule has 1 aromatic heterocycles. The quantitative estimate of drug-likeness (QED) is 0.828. The van der Waals surface area contributed by atoms with Gasteiger partial charge in [0.25, 0.3) is 0 Å². The van der Waals surface area contributed by atoms with Crippen molar-refractivity contribution >= 4 is 33.6 Å². The van der Waals surface area contributed by atoms with Crippen LogP contribution in [-0.2, 0) is 9.59 Å². The van der Waals surface area contributed by atoms with Crippen molar-refractivity contribution in [2.24, 2.45) is 0 Å². The Morgan fingerprint density at radius 3 is 2.72 bits per heavy atom. The molecule has 2 N–H and O–H groups in total. The first kappa shape index (κ1) is 14.6. The summed E-state index contributed by atoms with van der Waals surface area (Å²) in [4.78, 5) is 28.4. The van der Waals surface area contributed by atoms with Gasteiger partial charge in [-0.1, -0.05) is 0 Å². The number of carbonyl (C=O) groups excluding carboxylic acids is 2. The Kier molecular flexibility index (Phi) is 5.73. The largest absolute Gasteiger partial charge is 0.335 e. The SMILES string of the molecule is CNCC(=O)N(C)CC(=O)Nc1ccc(Br)cn1. The summed E-state index contributed by atoms with van der Waals surface area (Å²) in [7, 11) is 3.26. The number of aromatic nitrogens is 1. The molecule has 2 amide bonds. The van der Waals surface area contributed by atoms with Crippen molar-refractivity contribution in [2.45, 2.75) is 0 Å². The van der Waals surface area contributed by atoms with E-state index in [0.717, 1.165) is 4.47 Å². The van der Waals surface area contributed by atoms with E-state index in [1.807, 2.05) is 0 Å². The van der Waals surface area contributed by atoms with E-state index in [-0.39, 0.29) is 24.9 Å². The lowest BCUT2D eigenvalue weighted by molar-refractivity contribution is -0.132. The van der Waals surface area contributed by atoms with Gasteiger partial charge in [0, 0.05) is 17.7 Å². The van der Waals surface area contributed by atoms with E-state index in [2.05, 4.69) is 31.5 Å². The van der Waals surface area contributed by atoms with Gasteiger partial charge in [-0.05, 0) is 35.1 Å². The smallest absolute Gasteiger partial charge is 0.245 e. The van der Waals surface area contributed by atoms with Gasteiger partial charge < -0.3 is 15.5 Å². The molecule has 1 heterocycles. The molecular weight excluding hydrogens is 300 g/mol. The second kappa shape index (κ2) is 7.07. The molecule has 0 aliphatic carbocycles. The van der Waals surface area contributed by atoms with Crippen LogP contribution in [0.5, 0.6) is 0 Å². The Bertz CT molecular complexity index is 422. The maximum Gasteiger partial charge on any atom is 0.245 e. The second-order valence-corrected chi connectivity index (χ2v) is 4.61. The standard InChI is InChI=1S/C11H15BrN4O2/c1-13-6-11(18)16(2)7-10(17)15-9-4-3-8(12)5-14-9/h3-5,13H,6-7H2,1-2H3,(H,14,15,17). The van der Waals surface area contributed by atoms with Gasteiger partial charge in [0.2, 0.25) is 11.8 Å². The summed E-state index contributed by atoms with van der Waals surface area (Å²) in [6.45, 7) is 0.207. The highest BCUT2D eigenvalue weighted by Gasteiger charge is 2.12. The van der Waals surface area contributed by atoms with Crippen LogP contribution in [0, 0.1) is 0 Å². The molecule has 0 unspecified atom stereocenters. The zero-order valence-electron chi connectivity index (χ0n) is 10.2. The van der Waals surface area contributed by atoms with Crippen molar-refractivity contribution in [2.75, 3.05) is 32.5 Å². The summed E-state index contributed by atoms with van der Waals surface area (Å²) < 4.78 is 0.835. The van der Waals surface area contributed by atoms with Gasteiger partial charge in [-0.3, -0.25) is 9.59 Å². The summed E-state index contributed by atoms with van der Waals surface area (Å²) in [5.74, 6) is 0.0332. The monoisotopic (exact) mass is 314 g/mol. The van der Waals surface area contributed by atoms with Gasteiger partial charge >= 0.3 is 0 Å². The van der Waals surface area contributed by atoms with Crippen LogP contribution in [0.25, 0.3) is 0 Å². The Labute approximate surface area is 114 Å². The van der Waals surface area contributed by atoms with E-state index in [1.165, 1.54) is 4.90 Å². The molecule has 0 aliphatic rings. The number of hydrogen-bond donors (Lipinski definition) is 2. The summed E-state index contributed by atoms with van der Waals surface area (Å²) in [5.41, 5.74) is 0. The van der Waals surface area contributed by atoms with Crippen molar-refractivity contribution in [3.05, 3.63) is 22.8 Å². The Morgan fingerprint density at radius 1 is 1.44 bits per heavy atom. The van der Waals surface area contributed by atoms with Gasteiger partial charge in [0.05, 0.1) is 13.1 Å². The molecule has 0 saturated carbocycles. The first-order chi connectivity index (χ1) is 8.52. The van der Waals surface area contributed by atoms with Crippen LogP contribution in [0.2, 0.25) is 0 Å². The van der Waals surface area contributed by atoms with Gasteiger partial charge in [0.1, 0.15) is 5.82 Å². The van der Waals surface area contributed by atoms with Crippen molar-refractivity contribution in [3.8, 4) is 0 Å². The third-order valence-electron chi connectivity index (χ3n) is 2.13. The number of rotatable bonds is 5. The number of hydrogen-bond acceptors (Lipinski definition) is 4. The number of anilines is 1. The fourth-order valence-corrected chi connectivity index (χ4v) is 1.46. The average molecular weight is 315 g/mol. The maximum atomic E-state index is 11.6. The van der Waals surface area contributed by atoms with Gasteiger partial charge in [0.15, 0.2) is 0 Å². The van der Waals surface area contributed by atoms with E-state index in [4.69, 9.17) is 0 Å². The number of nitrogens with one attached hydrogen (secondary N) is 2. The molecule has 0 saturated heterocycles. The lowest BCUT2D eigenvalue weighted by Crippen LogP contribution is -2.39. The minimum absolute atomic E-state index is 0.00173. The second-order valence-electron chi connectivity index (χ2n) is 3.69. The van der Waals surface area contributed by atoms with Crippen LogP contribution < -0.4 is 10.6 Å². The molecule has 0 radical (unpaired) electrons. The molecule has 1 aromatic rings. The normalized spacial score (nSPS) is 9.94. The minimum atomic E-state index is -0.281. The van der Waals surface area contributed by atoms with E-state index in [1.54, 1.807) is 32.4 Å². The Morgan fingerprint density at radius 2 is 2.17 bits per heavy atom. The molecular formula is C11H15BrN4O2. The van der Waals surface area contributed by atoms with Gasteiger partial charge in [-0.25, -0.2) is 4.98 Å². The van der Waals surface area contributed by atoms with E-state index < -0.39 is 0 Å². The topological polar surface area (TPSA) is 74.3 Å². The highest BCUT2D eigenvalue weighted by molar-refractivity contribution is 9.10. The minimum Gasteiger partial charge on any atom is -0.335 e. The summed E-state index contributed by atoms with van der Waals surface area (Å²) >= 11 is 3.25. The van der Waals surface area contributed by atoms with Crippen LogP contribution in [0.3, 0.4) is 0 Å². The van der Waals surface area contributed by atoms with Crippen molar-refractivity contribution in [1.82, 2.24) is 15.2 Å². The first-order valence-electron chi connectivity index (χ1n) is 5.33. The molecule has 6 nitrogen and oxygen atoms in total. The fourth-order valence-electron chi connectivity index (χ4n) is 1.22.